The van der Waals surface area contributed by atoms with Crippen LogP contribution in [0.15, 0.2) is 24.3 Å². The average Bonchev–Trinajstić information content (AvgIpc) is 2.41. The Morgan fingerprint density at radius 2 is 1.91 bits per heavy atom. The van der Waals surface area contributed by atoms with Crippen molar-refractivity contribution < 1.29 is 13.2 Å². The van der Waals surface area contributed by atoms with Gasteiger partial charge in [-0.05, 0) is 24.0 Å². The molecule has 1 aromatic carbocycles. The molecule has 0 aliphatic rings. The fourth-order valence-electron chi connectivity index (χ4n) is 2.26. The summed E-state index contributed by atoms with van der Waals surface area (Å²) in [6.45, 7) is 6.47. The summed E-state index contributed by atoms with van der Waals surface area (Å²) in [5.74, 6) is 0.235. The number of sulfonamides is 1. The number of benzene rings is 1. The Morgan fingerprint density at radius 3 is 2.45 bits per heavy atom. The van der Waals surface area contributed by atoms with Crippen molar-refractivity contribution in [3.63, 3.8) is 0 Å². The van der Waals surface area contributed by atoms with Gasteiger partial charge in [0.25, 0.3) is 0 Å². The quantitative estimate of drug-likeness (QED) is 0.796. The lowest BCUT2D eigenvalue weighted by Crippen LogP contribution is -2.38. The predicted octanol–water partition coefficient (Wildman–Crippen LogP) is 2.18. The number of amides is 1. The van der Waals surface area contributed by atoms with Crippen LogP contribution in [0.2, 0.25) is 0 Å². The highest BCUT2D eigenvalue weighted by atomic mass is 32.2. The van der Waals surface area contributed by atoms with Gasteiger partial charge in [-0.2, -0.15) is 0 Å². The van der Waals surface area contributed by atoms with E-state index < -0.39 is 10.0 Å². The van der Waals surface area contributed by atoms with Crippen LogP contribution < -0.4 is 9.62 Å². The summed E-state index contributed by atoms with van der Waals surface area (Å²) in [6, 6.07) is 7.44. The van der Waals surface area contributed by atoms with Crippen LogP contribution in [0.25, 0.3) is 0 Å². The van der Waals surface area contributed by atoms with E-state index >= 15 is 0 Å². The van der Waals surface area contributed by atoms with E-state index in [-0.39, 0.29) is 18.4 Å². The maximum absolute atomic E-state index is 12.1. The van der Waals surface area contributed by atoms with Crippen molar-refractivity contribution in [3.05, 3.63) is 29.8 Å². The van der Waals surface area contributed by atoms with Gasteiger partial charge in [-0.15, -0.1) is 0 Å². The summed E-state index contributed by atoms with van der Waals surface area (Å²) in [4.78, 5) is 11.7. The van der Waals surface area contributed by atoms with Crippen molar-refractivity contribution in [1.82, 2.24) is 5.32 Å². The summed E-state index contributed by atoms with van der Waals surface area (Å²) >= 11 is 0. The van der Waals surface area contributed by atoms with Crippen LogP contribution >= 0.6 is 0 Å². The van der Waals surface area contributed by atoms with Crippen LogP contribution in [0.4, 0.5) is 5.69 Å². The van der Waals surface area contributed by atoms with Crippen molar-refractivity contribution >= 4 is 21.6 Å². The van der Waals surface area contributed by atoms with Crippen molar-refractivity contribution in [2.24, 2.45) is 5.92 Å². The molecule has 0 spiro atoms. The largest absolute Gasteiger partial charge is 0.354 e. The molecule has 6 heteroatoms. The van der Waals surface area contributed by atoms with Gasteiger partial charge in [0.05, 0.1) is 18.5 Å². The molecule has 22 heavy (non-hydrogen) atoms. The molecule has 0 saturated carbocycles. The van der Waals surface area contributed by atoms with Crippen LogP contribution in [0.3, 0.4) is 0 Å². The second-order valence-corrected chi connectivity index (χ2v) is 7.67. The first-order valence-corrected chi connectivity index (χ1v) is 9.42. The number of rotatable bonds is 8. The Hall–Kier alpha value is -1.56. The summed E-state index contributed by atoms with van der Waals surface area (Å²) in [5, 5.41) is 2.78. The first-order valence-electron chi connectivity index (χ1n) is 7.58. The Bertz CT molecular complexity index is 597. The van der Waals surface area contributed by atoms with E-state index in [1.54, 1.807) is 6.07 Å². The van der Waals surface area contributed by atoms with E-state index in [0.29, 0.717) is 18.7 Å². The molecule has 0 heterocycles. The predicted molar refractivity (Wildman–Crippen MR) is 90.5 cm³/mol. The molecule has 1 aromatic rings. The van der Waals surface area contributed by atoms with Crippen LogP contribution in [0, 0.1) is 5.92 Å². The minimum atomic E-state index is -3.39. The van der Waals surface area contributed by atoms with Gasteiger partial charge in [0.15, 0.2) is 0 Å². The monoisotopic (exact) mass is 326 g/mol. The molecule has 1 rings (SSSR count). The summed E-state index contributed by atoms with van der Waals surface area (Å²) in [7, 11) is -3.39. The fourth-order valence-corrected chi connectivity index (χ4v) is 3.22. The van der Waals surface area contributed by atoms with E-state index in [9.17, 15) is 13.2 Å². The first-order chi connectivity index (χ1) is 10.3. The molecule has 0 saturated heterocycles. The van der Waals surface area contributed by atoms with Crippen LogP contribution in [0.1, 0.15) is 32.8 Å². The molecule has 1 N–H and O–H groups in total. The van der Waals surface area contributed by atoms with E-state index in [1.807, 2.05) is 39.0 Å². The first kappa shape index (κ1) is 18.5. The number of carbonyl (C=O) groups is 1. The zero-order chi connectivity index (χ0) is 16.8. The zero-order valence-corrected chi connectivity index (χ0v) is 14.6. The molecule has 0 atom stereocenters. The van der Waals surface area contributed by atoms with Crippen molar-refractivity contribution in [2.45, 2.75) is 33.6 Å². The standard InChI is InChI=1S/C16H26N2O3S/c1-5-14-8-6-7-9-15(14)18(22(4,20)21)11-10-17-16(19)12-13(2)3/h6-9,13H,5,10-12H2,1-4H3,(H,17,19). The number of hydrogen-bond acceptors (Lipinski definition) is 3. The maximum atomic E-state index is 12.1. The van der Waals surface area contributed by atoms with E-state index in [2.05, 4.69) is 5.32 Å². The van der Waals surface area contributed by atoms with Crippen LogP contribution in [-0.4, -0.2) is 33.7 Å². The number of anilines is 1. The average molecular weight is 326 g/mol. The molecule has 124 valence electrons. The molecule has 1 amide bonds. The molecule has 0 aromatic heterocycles. The molecule has 0 aliphatic carbocycles. The highest BCUT2D eigenvalue weighted by Gasteiger charge is 2.19. The molecule has 0 radical (unpaired) electrons. The van der Waals surface area contributed by atoms with E-state index in [0.717, 1.165) is 12.0 Å². The van der Waals surface area contributed by atoms with Crippen molar-refractivity contribution in [3.8, 4) is 0 Å². The molecular weight excluding hydrogens is 300 g/mol. The summed E-state index contributed by atoms with van der Waals surface area (Å²) in [6.07, 6.45) is 2.39. The number of para-hydroxylation sites is 1. The highest BCUT2D eigenvalue weighted by molar-refractivity contribution is 7.92. The third-order valence-electron chi connectivity index (χ3n) is 3.27. The molecular formula is C16H26N2O3S. The minimum Gasteiger partial charge on any atom is -0.354 e. The van der Waals surface area contributed by atoms with Crippen molar-refractivity contribution in [1.29, 1.82) is 0 Å². The number of nitrogens with zero attached hydrogens (tertiary/aromatic N) is 1. The molecule has 5 nitrogen and oxygen atoms in total. The number of aryl methyl sites for hydroxylation is 1. The van der Waals surface area contributed by atoms with E-state index in [4.69, 9.17) is 0 Å². The van der Waals surface area contributed by atoms with Gasteiger partial charge in [-0.3, -0.25) is 9.10 Å². The zero-order valence-electron chi connectivity index (χ0n) is 13.8. The minimum absolute atomic E-state index is 0.0489. The van der Waals surface area contributed by atoms with Gasteiger partial charge in [0, 0.05) is 13.0 Å². The second kappa shape index (κ2) is 8.17. The van der Waals surface area contributed by atoms with Gasteiger partial charge < -0.3 is 5.32 Å². The SMILES string of the molecule is CCc1ccccc1N(CCNC(=O)CC(C)C)S(C)(=O)=O. The lowest BCUT2D eigenvalue weighted by atomic mass is 10.1. The smallest absolute Gasteiger partial charge is 0.232 e. The van der Waals surface area contributed by atoms with E-state index in [1.165, 1.54) is 10.6 Å². The van der Waals surface area contributed by atoms with Gasteiger partial charge >= 0.3 is 0 Å². The van der Waals surface area contributed by atoms with Gasteiger partial charge in [0.2, 0.25) is 15.9 Å². The normalized spacial score (nSPS) is 11.5. The topological polar surface area (TPSA) is 66.5 Å². The fraction of sp³-hybridized carbons (Fsp3) is 0.562. The third-order valence-corrected chi connectivity index (χ3v) is 4.45. The Balaban J connectivity index is 2.82. The van der Waals surface area contributed by atoms with Crippen LogP contribution in [0.5, 0.6) is 0 Å². The highest BCUT2D eigenvalue weighted by Crippen LogP contribution is 2.22. The Morgan fingerprint density at radius 1 is 1.27 bits per heavy atom. The van der Waals surface area contributed by atoms with Gasteiger partial charge in [-0.25, -0.2) is 8.42 Å². The van der Waals surface area contributed by atoms with Gasteiger partial charge in [-0.1, -0.05) is 39.0 Å². The third kappa shape index (κ3) is 5.67. The van der Waals surface area contributed by atoms with Gasteiger partial charge in [0.1, 0.15) is 0 Å². The van der Waals surface area contributed by atoms with Crippen molar-refractivity contribution in [2.75, 3.05) is 23.7 Å². The lowest BCUT2D eigenvalue weighted by Gasteiger charge is -2.25. The second-order valence-electron chi connectivity index (χ2n) is 5.77. The summed E-state index contributed by atoms with van der Waals surface area (Å²) < 4.78 is 25.5. The molecule has 0 fully saturated rings. The molecule has 0 bridgehead atoms. The number of nitrogens with one attached hydrogen (secondary N) is 1. The lowest BCUT2D eigenvalue weighted by molar-refractivity contribution is -0.121. The summed E-state index contributed by atoms with van der Waals surface area (Å²) in [5.41, 5.74) is 1.66. The molecule has 0 unspecified atom stereocenters. The molecule has 0 aliphatic heterocycles. The Labute approximate surface area is 133 Å². The maximum Gasteiger partial charge on any atom is 0.232 e. The Kier molecular flexibility index (Phi) is 6.87. The number of hydrogen-bond donors (Lipinski definition) is 1. The number of carbonyl (C=O) groups excluding carboxylic acids is 1. The van der Waals surface area contributed by atoms with Crippen LogP contribution in [-0.2, 0) is 21.2 Å².